The second-order valence-electron chi connectivity index (χ2n) is 7.05. The zero-order valence-electron chi connectivity index (χ0n) is 16.3. The summed E-state index contributed by atoms with van der Waals surface area (Å²) >= 11 is 6.04. The van der Waals surface area contributed by atoms with E-state index in [0.29, 0.717) is 11.6 Å². The van der Waals surface area contributed by atoms with Crippen molar-refractivity contribution < 1.29 is 9.47 Å². The lowest BCUT2D eigenvalue weighted by atomic mass is 9.91. The molecule has 0 radical (unpaired) electrons. The first-order valence-corrected chi connectivity index (χ1v) is 10.2. The van der Waals surface area contributed by atoms with Gasteiger partial charge in [0.1, 0.15) is 17.2 Å². The minimum absolute atomic E-state index is 0.652. The summed E-state index contributed by atoms with van der Waals surface area (Å²) < 4.78 is 12.0. The van der Waals surface area contributed by atoms with Gasteiger partial charge in [-0.15, -0.1) is 0 Å². The molecule has 144 valence electrons. The van der Waals surface area contributed by atoms with Gasteiger partial charge in [-0.2, -0.15) is 0 Å². The van der Waals surface area contributed by atoms with Gasteiger partial charge in [-0.05, 0) is 75.4 Å². The Morgan fingerprint density at radius 2 is 1.79 bits per heavy atom. The summed E-state index contributed by atoms with van der Waals surface area (Å²) in [5.41, 5.74) is 5.70. The fraction of sp³-hybridized carbons (Fsp3) is 0.292. The van der Waals surface area contributed by atoms with E-state index >= 15 is 0 Å². The highest BCUT2D eigenvalue weighted by Crippen LogP contribution is 2.40. The average Bonchev–Trinajstić information content (AvgIpc) is 2.69. The normalized spacial score (nSPS) is 13.1. The van der Waals surface area contributed by atoms with Crippen LogP contribution in [-0.2, 0) is 12.8 Å². The molecule has 1 heterocycles. The molecule has 0 spiro atoms. The van der Waals surface area contributed by atoms with E-state index in [1.54, 1.807) is 6.07 Å². The minimum atomic E-state index is 0.652. The molecular formula is C24H24ClNO2. The molecular weight excluding hydrogens is 370 g/mol. The van der Waals surface area contributed by atoms with Crippen LogP contribution in [0, 0.1) is 6.92 Å². The van der Waals surface area contributed by atoms with Gasteiger partial charge in [-0.25, -0.2) is 0 Å². The van der Waals surface area contributed by atoms with Crippen molar-refractivity contribution in [3.8, 4) is 28.4 Å². The molecule has 0 N–H and O–H groups in total. The molecule has 0 fully saturated rings. The number of pyridine rings is 1. The van der Waals surface area contributed by atoms with Gasteiger partial charge < -0.3 is 9.47 Å². The molecule has 0 bridgehead atoms. The fourth-order valence-corrected chi connectivity index (χ4v) is 4.01. The summed E-state index contributed by atoms with van der Waals surface area (Å²) in [4.78, 5) is 4.91. The first-order valence-electron chi connectivity index (χ1n) is 9.84. The predicted octanol–water partition coefficient (Wildman–Crippen LogP) is 6.78. The number of hydrogen-bond donors (Lipinski definition) is 0. The van der Waals surface area contributed by atoms with E-state index in [1.807, 2.05) is 37.3 Å². The second-order valence-corrected chi connectivity index (χ2v) is 7.49. The van der Waals surface area contributed by atoms with Gasteiger partial charge in [0.05, 0.1) is 6.61 Å². The highest BCUT2D eigenvalue weighted by molar-refractivity contribution is 6.30. The summed E-state index contributed by atoms with van der Waals surface area (Å²) in [5.74, 6) is 2.50. The number of nitrogens with zero attached hydrogens (tertiary/aromatic N) is 1. The van der Waals surface area contributed by atoms with E-state index in [1.165, 1.54) is 24.1 Å². The Morgan fingerprint density at radius 1 is 1.00 bits per heavy atom. The molecule has 3 nitrogen and oxygen atoms in total. The SMILES string of the molecule is CCOc1c2c(nc(C)c1-c1ccc(Oc3cccc(Cl)c3)cc1)CCCC2. The van der Waals surface area contributed by atoms with E-state index in [4.69, 9.17) is 26.1 Å². The van der Waals surface area contributed by atoms with Gasteiger partial charge in [0.25, 0.3) is 0 Å². The molecule has 0 unspecified atom stereocenters. The highest BCUT2D eigenvalue weighted by Gasteiger charge is 2.22. The maximum absolute atomic E-state index is 6.12. The quantitative estimate of drug-likeness (QED) is 0.478. The van der Waals surface area contributed by atoms with Gasteiger partial charge in [-0.1, -0.05) is 29.8 Å². The molecule has 0 saturated heterocycles. The van der Waals surface area contributed by atoms with Crippen LogP contribution in [0.1, 0.15) is 36.7 Å². The molecule has 1 aromatic heterocycles. The Balaban J connectivity index is 1.69. The first kappa shape index (κ1) is 18.8. The molecule has 4 rings (SSSR count). The van der Waals surface area contributed by atoms with Crippen LogP contribution in [0.3, 0.4) is 0 Å². The van der Waals surface area contributed by atoms with Crippen LogP contribution in [0.25, 0.3) is 11.1 Å². The number of aryl methyl sites for hydroxylation is 2. The largest absolute Gasteiger partial charge is 0.493 e. The smallest absolute Gasteiger partial charge is 0.133 e. The molecule has 1 aliphatic rings. The van der Waals surface area contributed by atoms with Crippen molar-refractivity contribution in [2.75, 3.05) is 6.61 Å². The number of benzene rings is 2. The molecule has 0 amide bonds. The second kappa shape index (κ2) is 8.24. The zero-order valence-corrected chi connectivity index (χ0v) is 17.1. The number of aromatic nitrogens is 1. The minimum Gasteiger partial charge on any atom is -0.493 e. The molecule has 0 aliphatic heterocycles. The first-order chi connectivity index (χ1) is 13.7. The molecule has 28 heavy (non-hydrogen) atoms. The van der Waals surface area contributed by atoms with Crippen LogP contribution in [0.4, 0.5) is 0 Å². The fourth-order valence-electron chi connectivity index (χ4n) is 3.83. The van der Waals surface area contributed by atoms with Gasteiger partial charge in [-0.3, -0.25) is 4.98 Å². The summed E-state index contributed by atoms with van der Waals surface area (Å²) in [6.45, 7) is 4.76. The zero-order chi connectivity index (χ0) is 19.5. The van der Waals surface area contributed by atoms with Crippen LogP contribution in [0.2, 0.25) is 5.02 Å². The maximum atomic E-state index is 6.12. The third-order valence-corrected chi connectivity index (χ3v) is 5.30. The van der Waals surface area contributed by atoms with Gasteiger partial charge in [0.2, 0.25) is 0 Å². The molecule has 1 aliphatic carbocycles. The van der Waals surface area contributed by atoms with E-state index in [9.17, 15) is 0 Å². The van der Waals surface area contributed by atoms with Crippen molar-refractivity contribution in [1.82, 2.24) is 4.98 Å². The van der Waals surface area contributed by atoms with Crippen molar-refractivity contribution in [3.63, 3.8) is 0 Å². The van der Waals surface area contributed by atoms with E-state index in [0.717, 1.165) is 46.9 Å². The van der Waals surface area contributed by atoms with E-state index < -0.39 is 0 Å². The van der Waals surface area contributed by atoms with Gasteiger partial charge in [0.15, 0.2) is 0 Å². The number of halogens is 1. The number of fused-ring (bicyclic) bond motifs is 1. The number of ether oxygens (including phenoxy) is 2. The van der Waals surface area contributed by atoms with Crippen LogP contribution in [0.15, 0.2) is 48.5 Å². The van der Waals surface area contributed by atoms with Crippen LogP contribution in [-0.4, -0.2) is 11.6 Å². The highest BCUT2D eigenvalue weighted by atomic mass is 35.5. The van der Waals surface area contributed by atoms with Crippen LogP contribution in [0.5, 0.6) is 17.2 Å². The Bertz CT molecular complexity index is 983. The molecule has 0 atom stereocenters. The third-order valence-electron chi connectivity index (χ3n) is 5.07. The lowest BCUT2D eigenvalue weighted by Gasteiger charge is -2.23. The van der Waals surface area contributed by atoms with Gasteiger partial charge >= 0.3 is 0 Å². The number of rotatable bonds is 5. The number of hydrogen-bond acceptors (Lipinski definition) is 3. The summed E-state index contributed by atoms with van der Waals surface area (Å²) in [7, 11) is 0. The maximum Gasteiger partial charge on any atom is 0.133 e. The Labute approximate surface area is 171 Å². The summed E-state index contributed by atoms with van der Waals surface area (Å²) in [6, 6.07) is 15.5. The van der Waals surface area contributed by atoms with Crippen molar-refractivity contribution in [2.45, 2.75) is 39.5 Å². The van der Waals surface area contributed by atoms with Crippen molar-refractivity contribution in [3.05, 3.63) is 70.5 Å². The molecule has 3 aromatic rings. The molecule has 2 aromatic carbocycles. The van der Waals surface area contributed by atoms with Crippen LogP contribution >= 0.6 is 11.6 Å². The average molecular weight is 394 g/mol. The lowest BCUT2D eigenvalue weighted by molar-refractivity contribution is 0.335. The van der Waals surface area contributed by atoms with E-state index in [2.05, 4.69) is 19.1 Å². The summed E-state index contributed by atoms with van der Waals surface area (Å²) in [5, 5.41) is 0.659. The Hall–Kier alpha value is -2.52. The molecule has 0 saturated carbocycles. The Kier molecular flexibility index (Phi) is 5.54. The summed E-state index contributed by atoms with van der Waals surface area (Å²) in [6.07, 6.45) is 4.49. The van der Waals surface area contributed by atoms with Crippen molar-refractivity contribution >= 4 is 11.6 Å². The lowest BCUT2D eigenvalue weighted by Crippen LogP contribution is -2.11. The van der Waals surface area contributed by atoms with Crippen molar-refractivity contribution in [2.24, 2.45) is 0 Å². The van der Waals surface area contributed by atoms with Crippen LogP contribution < -0.4 is 9.47 Å². The third kappa shape index (κ3) is 3.85. The topological polar surface area (TPSA) is 31.4 Å². The Morgan fingerprint density at radius 3 is 2.54 bits per heavy atom. The van der Waals surface area contributed by atoms with E-state index in [-0.39, 0.29) is 0 Å². The monoisotopic (exact) mass is 393 g/mol. The standard InChI is InChI=1S/C24H24ClNO2/c1-3-27-24-21-9-4-5-10-22(21)26-16(2)23(24)17-11-13-19(14-12-17)28-20-8-6-7-18(25)15-20/h6-8,11-15H,3-5,9-10H2,1-2H3. The molecule has 4 heteroatoms. The van der Waals surface area contributed by atoms with Crippen molar-refractivity contribution in [1.29, 1.82) is 0 Å². The van der Waals surface area contributed by atoms with Gasteiger partial charge in [0, 0.05) is 27.5 Å². The predicted molar refractivity (Wildman–Crippen MR) is 114 cm³/mol.